The Balaban J connectivity index is 1.36. The Morgan fingerprint density at radius 1 is 0.875 bits per heavy atom. The highest BCUT2D eigenvalue weighted by Gasteiger charge is 2.10. The third-order valence-electron chi connectivity index (χ3n) is 5.04. The van der Waals surface area contributed by atoms with Gasteiger partial charge in [-0.3, -0.25) is 0 Å². The van der Waals surface area contributed by atoms with Gasteiger partial charge in [-0.15, -0.1) is 12.3 Å². The smallest absolute Gasteiger partial charge is 0.0701 e. The van der Waals surface area contributed by atoms with Crippen molar-refractivity contribution in [3.05, 3.63) is 70.9 Å². The molecule has 1 aromatic heterocycles. The Labute approximate surface area is 195 Å². The number of hydrogen-bond donors (Lipinski definition) is 1. The molecule has 0 atom stereocenters. The van der Waals surface area contributed by atoms with Crippen LogP contribution in [0.25, 0.3) is 10.9 Å². The van der Waals surface area contributed by atoms with Gasteiger partial charge in [0.1, 0.15) is 0 Å². The van der Waals surface area contributed by atoms with Crippen LogP contribution in [0.5, 0.6) is 0 Å². The highest BCUT2D eigenvalue weighted by Crippen LogP contribution is 2.28. The minimum atomic E-state index is 0.558. The molecule has 0 saturated carbocycles. The number of nitrogens with one attached hydrogen (secondary N) is 1. The molecule has 0 aliphatic carbocycles. The summed E-state index contributed by atoms with van der Waals surface area (Å²) >= 11 is 6.54. The third kappa shape index (κ3) is 7.67. The molecule has 2 aromatic carbocycles. The summed E-state index contributed by atoms with van der Waals surface area (Å²) < 4.78 is 18.6. The Hall–Kier alpha value is -2.33. The molecular formula is C26H31ClN2O3. The second kappa shape index (κ2) is 13.9. The first kappa shape index (κ1) is 24.3. The van der Waals surface area contributed by atoms with Gasteiger partial charge in [0, 0.05) is 37.6 Å². The van der Waals surface area contributed by atoms with Crippen LogP contribution in [0, 0.1) is 12.3 Å². The highest BCUT2D eigenvalue weighted by molar-refractivity contribution is 6.35. The fourth-order valence-electron chi connectivity index (χ4n) is 3.45. The predicted molar refractivity (Wildman–Crippen MR) is 130 cm³/mol. The number of ether oxygens (including phenoxy) is 3. The maximum atomic E-state index is 6.54. The minimum Gasteiger partial charge on any atom is -0.378 e. The molecule has 0 saturated heterocycles. The summed E-state index contributed by atoms with van der Waals surface area (Å²) in [5.74, 6) is 2.54. The van der Waals surface area contributed by atoms with Gasteiger partial charge >= 0.3 is 0 Å². The van der Waals surface area contributed by atoms with E-state index in [2.05, 4.69) is 58.4 Å². The fraction of sp³-hybridized carbons (Fsp3) is 0.385. The second-order valence-electron chi connectivity index (χ2n) is 7.37. The van der Waals surface area contributed by atoms with E-state index in [0.29, 0.717) is 46.1 Å². The van der Waals surface area contributed by atoms with E-state index in [1.54, 1.807) is 0 Å². The quantitative estimate of drug-likeness (QED) is 0.271. The monoisotopic (exact) mass is 454 g/mol. The normalized spacial score (nSPS) is 11.1. The molecule has 3 aromatic rings. The largest absolute Gasteiger partial charge is 0.378 e. The number of halogens is 1. The first-order valence-corrected chi connectivity index (χ1v) is 11.3. The van der Waals surface area contributed by atoms with Gasteiger partial charge in [0.25, 0.3) is 0 Å². The van der Waals surface area contributed by atoms with Crippen molar-refractivity contribution in [1.29, 1.82) is 0 Å². The molecule has 0 unspecified atom stereocenters. The van der Waals surface area contributed by atoms with Gasteiger partial charge in [-0.2, -0.15) is 0 Å². The van der Waals surface area contributed by atoms with Crippen LogP contribution in [-0.4, -0.2) is 50.8 Å². The van der Waals surface area contributed by atoms with Crippen molar-refractivity contribution in [3.8, 4) is 12.3 Å². The molecule has 0 bridgehead atoms. The maximum absolute atomic E-state index is 6.54. The van der Waals surface area contributed by atoms with E-state index in [-0.39, 0.29) is 0 Å². The van der Waals surface area contributed by atoms with Crippen LogP contribution in [0.15, 0.2) is 54.7 Å². The molecule has 1 heterocycles. The lowest BCUT2D eigenvalue weighted by Gasteiger charge is -2.11. The standard InChI is InChI=1S/C26H31ClN2O3/c1-2-3-14-30-16-18-32-19-17-31-15-12-28-20-23-9-10-25(27)26-24(23)11-13-29(26)21-22-7-5-4-6-8-22/h1,4-11,13,28H,3,12,14-21H2. The van der Waals surface area contributed by atoms with Crippen molar-refractivity contribution in [2.45, 2.75) is 19.5 Å². The molecule has 32 heavy (non-hydrogen) atoms. The fourth-order valence-corrected chi connectivity index (χ4v) is 3.72. The van der Waals surface area contributed by atoms with Crippen molar-refractivity contribution >= 4 is 22.5 Å². The number of nitrogens with zero attached hydrogens (tertiary/aromatic N) is 1. The number of fused-ring (bicyclic) bond motifs is 1. The van der Waals surface area contributed by atoms with Gasteiger partial charge in [-0.25, -0.2) is 0 Å². The third-order valence-corrected chi connectivity index (χ3v) is 5.34. The van der Waals surface area contributed by atoms with Crippen molar-refractivity contribution in [1.82, 2.24) is 9.88 Å². The first-order valence-electron chi connectivity index (χ1n) is 11.0. The number of hydrogen-bond acceptors (Lipinski definition) is 4. The summed E-state index contributed by atoms with van der Waals surface area (Å²) in [6.45, 7) is 5.79. The van der Waals surface area contributed by atoms with Gasteiger partial charge in [-0.05, 0) is 23.3 Å². The molecule has 0 amide bonds. The average Bonchev–Trinajstić information content (AvgIpc) is 3.23. The molecule has 0 spiro atoms. The zero-order valence-corrected chi connectivity index (χ0v) is 19.2. The topological polar surface area (TPSA) is 44.6 Å². The first-order chi connectivity index (χ1) is 15.8. The molecule has 3 rings (SSSR count). The molecule has 0 fully saturated rings. The second-order valence-corrected chi connectivity index (χ2v) is 7.77. The number of benzene rings is 2. The predicted octanol–water partition coefficient (Wildman–Crippen LogP) is 4.51. The van der Waals surface area contributed by atoms with E-state index in [0.717, 1.165) is 30.2 Å². The van der Waals surface area contributed by atoms with Crippen LogP contribution in [0.4, 0.5) is 0 Å². The van der Waals surface area contributed by atoms with Crippen LogP contribution in [0.3, 0.4) is 0 Å². The van der Waals surface area contributed by atoms with E-state index in [1.807, 2.05) is 12.1 Å². The lowest BCUT2D eigenvalue weighted by atomic mass is 10.1. The molecule has 5 nitrogen and oxygen atoms in total. The Morgan fingerprint density at radius 3 is 2.34 bits per heavy atom. The van der Waals surface area contributed by atoms with Crippen molar-refractivity contribution in [2.24, 2.45) is 0 Å². The van der Waals surface area contributed by atoms with Gasteiger partial charge in [0.05, 0.1) is 50.2 Å². The zero-order chi connectivity index (χ0) is 22.4. The van der Waals surface area contributed by atoms with Gasteiger partial charge in [0.2, 0.25) is 0 Å². The average molecular weight is 455 g/mol. The lowest BCUT2D eigenvalue weighted by molar-refractivity contribution is 0.0161. The highest BCUT2D eigenvalue weighted by atomic mass is 35.5. The van der Waals surface area contributed by atoms with Crippen LogP contribution in [-0.2, 0) is 27.3 Å². The SMILES string of the molecule is C#CCCOCCOCCOCCNCc1ccc(Cl)c2c1ccn2Cc1ccccc1. The van der Waals surface area contributed by atoms with Gasteiger partial charge < -0.3 is 24.1 Å². The van der Waals surface area contributed by atoms with Crippen LogP contribution >= 0.6 is 11.6 Å². The van der Waals surface area contributed by atoms with Gasteiger partial charge in [-0.1, -0.05) is 48.0 Å². The Morgan fingerprint density at radius 2 is 1.59 bits per heavy atom. The molecule has 6 heteroatoms. The number of rotatable bonds is 15. The van der Waals surface area contributed by atoms with E-state index in [4.69, 9.17) is 32.2 Å². The molecule has 0 aliphatic heterocycles. The van der Waals surface area contributed by atoms with Crippen LogP contribution < -0.4 is 5.32 Å². The summed E-state index contributed by atoms with van der Waals surface area (Å²) in [7, 11) is 0. The molecule has 0 aliphatic rings. The molecule has 0 radical (unpaired) electrons. The van der Waals surface area contributed by atoms with Crippen LogP contribution in [0.2, 0.25) is 5.02 Å². The van der Waals surface area contributed by atoms with Crippen molar-refractivity contribution in [3.63, 3.8) is 0 Å². The van der Waals surface area contributed by atoms with Crippen molar-refractivity contribution < 1.29 is 14.2 Å². The van der Waals surface area contributed by atoms with Crippen LogP contribution in [0.1, 0.15) is 17.5 Å². The van der Waals surface area contributed by atoms with E-state index >= 15 is 0 Å². The Kier molecular flexibility index (Phi) is 10.6. The summed E-state index contributed by atoms with van der Waals surface area (Å²) in [4.78, 5) is 0. The summed E-state index contributed by atoms with van der Waals surface area (Å²) in [5.41, 5.74) is 3.55. The minimum absolute atomic E-state index is 0.558. The number of aromatic nitrogens is 1. The Bertz CT molecular complexity index is 982. The van der Waals surface area contributed by atoms with E-state index < -0.39 is 0 Å². The molecular weight excluding hydrogens is 424 g/mol. The summed E-state index contributed by atoms with van der Waals surface area (Å²) in [6.07, 6.45) is 7.90. The summed E-state index contributed by atoms with van der Waals surface area (Å²) in [5, 5.41) is 5.40. The van der Waals surface area contributed by atoms with Crippen molar-refractivity contribution in [2.75, 3.05) is 46.2 Å². The molecule has 170 valence electrons. The van der Waals surface area contributed by atoms with Gasteiger partial charge in [0.15, 0.2) is 0 Å². The van der Waals surface area contributed by atoms with E-state index in [1.165, 1.54) is 16.5 Å². The maximum Gasteiger partial charge on any atom is 0.0701 e. The summed E-state index contributed by atoms with van der Waals surface area (Å²) in [6, 6.07) is 16.6. The number of terminal acetylenes is 1. The molecule has 1 N–H and O–H groups in total. The van der Waals surface area contributed by atoms with E-state index in [9.17, 15) is 0 Å². The lowest BCUT2D eigenvalue weighted by Crippen LogP contribution is -2.20. The zero-order valence-electron chi connectivity index (χ0n) is 18.4.